The van der Waals surface area contributed by atoms with Crippen LogP contribution in [0.4, 0.5) is 0 Å². The van der Waals surface area contributed by atoms with Crippen molar-refractivity contribution in [1.82, 2.24) is 15.2 Å². The minimum absolute atomic E-state index is 0. The molecule has 0 aliphatic carbocycles. The molecule has 0 unspecified atom stereocenters. The van der Waals surface area contributed by atoms with Crippen LogP contribution < -0.4 is 5.32 Å². The summed E-state index contributed by atoms with van der Waals surface area (Å²) in [5, 5.41) is 4.09. The lowest BCUT2D eigenvalue weighted by Gasteiger charge is -2.22. The zero-order chi connectivity index (χ0) is 15.9. The number of benzene rings is 1. The monoisotopic (exact) mass is 444 g/mol. The Balaban J connectivity index is 0.00000264. The van der Waals surface area contributed by atoms with Crippen molar-refractivity contribution in [2.75, 3.05) is 14.1 Å². The average Bonchev–Trinajstić information content (AvgIpc) is 2.49. The van der Waals surface area contributed by atoms with Crippen LogP contribution in [0.15, 0.2) is 47.6 Å². The molecule has 0 atom stereocenters. The lowest BCUT2D eigenvalue weighted by molar-refractivity contribution is 0.476. The molecule has 4 nitrogen and oxygen atoms in total. The molecule has 2 aromatic rings. The molecule has 0 aliphatic rings. The quantitative estimate of drug-likeness (QED) is 0.442. The van der Waals surface area contributed by atoms with Crippen LogP contribution in [0.25, 0.3) is 0 Å². The molecular weight excluding hydrogens is 423 g/mol. The smallest absolute Gasteiger partial charge is 0.194 e. The molecule has 0 amide bonds. The first kappa shape index (κ1) is 19.7. The van der Waals surface area contributed by atoms with E-state index in [0.29, 0.717) is 6.54 Å². The van der Waals surface area contributed by atoms with E-state index < -0.39 is 0 Å². The van der Waals surface area contributed by atoms with Gasteiger partial charge in [-0.05, 0) is 36.2 Å². The van der Waals surface area contributed by atoms with Crippen molar-refractivity contribution >= 4 is 41.5 Å². The van der Waals surface area contributed by atoms with Crippen LogP contribution in [0.1, 0.15) is 16.8 Å². The molecule has 0 fully saturated rings. The molecule has 0 saturated carbocycles. The van der Waals surface area contributed by atoms with Gasteiger partial charge in [-0.25, -0.2) is 0 Å². The van der Waals surface area contributed by atoms with Crippen molar-refractivity contribution in [3.05, 3.63) is 64.4 Å². The SMILES string of the molecule is CN=C(NCc1ncccc1C)N(C)Cc1cccc(Cl)c1.I. The summed E-state index contributed by atoms with van der Waals surface area (Å²) in [4.78, 5) is 10.8. The van der Waals surface area contributed by atoms with E-state index in [-0.39, 0.29) is 24.0 Å². The molecular formula is C17H22ClIN4. The van der Waals surface area contributed by atoms with Gasteiger partial charge < -0.3 is 10.2 Å². The van der Waals surface area contributed by atoms with E-state index in [2.05, 4.69) is 39.2 Å². The lowest BCUT2D eigenvalue weighted by atomic mass is 10.2. The van der Waals surface area contributed by atoms with Gasteiger partial charge in [0.25, 0.3) is 0 Å². The zero-order valence-electron chi connectivity index (χ0n) is 13.6. The summed E-state index contributed by atoms with van der Waals surface area (Å²) in [7, 11) is 3.78. The molecule has 0 spiro atoms. The van der Waals surface area contributed by atoms with Gasteiger partial charge in [-0.2, -0.15) is 0 Å². The summed E-state index contributed by atoms with van der Waals surface area (Å²) < 4.78 is 0. The van der Waals surface area contributed by atoms with Crippen LogP contribution in [-0.4, -0.2) is 29.9 Å². The second kappa shape index (κ2) is 9.72. The maximum atomic E-state index is 6.03. The van der Waals surface area contributed by atoms with Gasteiger partial charge in [-0.1, -0.05) is 29.8 Å². The Morgan fingerprint density at radius 3 is 2.74 bits per heavy atom. The van der Waals surface area contributed by atoms with Gasteiger partial charge in [-0.3, -0.25) is 9.98 Å². The number of aliphatic imine (C=N–C) groups is 1. The van der Waals surface area contributed by atoms with Crippen LogP contribution in [0.2, 0.25) is 5.02 Å². The van der Waals surface area contributed by atoms with E-state index in [1.807, 2.05) is 37.5 Å². The summed E-state index contributed by atoms with van der Waals surface area (Å²) >= 11 is 6.03. The molecule has 23 heavy (non-hydrogen) atoms. The van der Waals surface area contributed by atoms with E-state index in [4.69, 9.17) is 11.6 Å². The van der Waals surface area contributed by atoms with Crippen molar-refractivity contribution in [3.8, 4) is 0 Å². The van der Waals surface area contributed by atoms with E-state index in [1.54, 1.807) is 7.05 Å². The van der Waals surface area contributed by atoms with Crippen LogP contribution >= 0.6 is 35.6 Å². The van der Waals surface area contributed by atoms with Crippen molar-refractivity contribution in [3.63, 3.8) is 0 Å². The average molecular weight is 445 g/mol. The number of halogens is 2. The summed E-state index contributed by atoms with van der Waals surface area (Å²) in [5.74, 6) is 0.824. The molecule has 2 rings (SSSR count). The Morgan fingerprint density at radius 1 is 1.30 bits per heavy atom. The van der Waals surface area contributed by atoms with E-state index >= 15 is 0 Å². The predicted octanol–water partition coefficient (Wildman–Crippen LogP) is 3.87. The standard InChI is InChI=1S/C17H21ClN4.HI/c1-13-6-5-9-20-16(13)11-21-17(19-2)22(3)12-14-7-4-8-15(18)10-14;/h4-10H,11-12H2,1-3H3,(H,19,21);1H. The van der Waals surface area contributed by atoms with Crippen LogP contribution in [0.3, 0.4) is 0 Å². The number of aryl methyl sites for hydroxylation is 1. The third-order valence-corrected chi connectivity index (χ3v) is 3.65. The number of pyridine rings is 1. The van der Waals surface area contributed by atoms with E-state index in [0.717, 1.165) is 28.8 Å². The molecule has 0 bridgehead atoms. The molecule has 0 saturated heterocycles. The van der Waals surface area contributed by atoms with Gasteiger partial charge in [0, 0.05) is 31.9 Å². The number of hydrogen-bond acceptors (Lipinski definition) is 2. The minimum Gasteiger partial charge on any atom is -0.351 e. The largest absolute Gasteiger partial charge is 0.351 e. The van der Waals surface area contributed by atoms with Gasteiger partial charge in [0.05, 0.1) is 12.2 Å². The van der Waals surface area contributed by atoms with Gasteiger partial charge in [-0.15, -0.1) is 24.0 Å². The minimum atomic E-state index is 0. The van der Waals surface area contributed by atoms with Crippen molar-refractivity contribution < 1.29 is 0 Å². The highest BCUT2D eigenvalue weighted by molar-refractivity contribution is 14.0. The van der Waals surface area contributed by atoms with Crippen LogP contribution in [0.5, 0.6) is 0 Å². The molecule has 1 aromatic heterocycles. The number of nitrogens with one attached hydrogen (secondary N) is 1. The lowest BCUT2D eigenvalue weighted by Crippen LogP contribution is -2.38. The normalized spacial score (nSPS) is 10.9. The molecule has 6 heteroatoms. The molecule has 0 radical (unpaired) electrons. The summed E-state index contributed by atoms with van der Waals surface area (Å²) in [6, 6.07) is 11.9. The summed E-state index contributed by atoms with van der Waals surface area (Å²) in [5.41, 5.74) is 3.34. The molecule has 1 heterocycles. The number of rotatable bonds is 4. The van der Waals surface area contributed by atoms with Gasteiger partial charge in [0.15, 0.2) is 5.96 Å². The summed E-state index contributed by atoms with van der Waals surface area (Å²) in [6.07, 6.45) is 1.81. The van der Waals surface area contributed by atoms with Crippen molar-refractivity contribution in [1.29, 1.82) is 0 Å². The van der Waals surface area contributed by atoms with Crippen LogP contribution in [-0.2, 0) is 13.1 Å². The van der Waals surface area contributed by atoms with Crippen LogP contribution in [0, 0.1) is 6.92 Å². The topological polar surface area (TPSA) is 40.5 Å². The first-order valence-electron chi connectivity index (χ1n) is 7.17. The number of nitrogens with zero attached hydrogens (tertiary/aromatic N) is 3. The Morgan fingerprint density at radius 2 is 2.09 bits per heavy atom. The third kappa shape index (κ3) is 5.99. The van der Waals surface area contributed by atoms with E-state index in [9.17, 15) is 0 Å². The van der Waals surface area contributed by atoms with Gasteiger partial charge in [0.2, 0.25) is 0 Å². The summed E-state index contributed by atoms with van der Waals surface area (Å²) in [6.45, 7) is 3.45. The Kier molecular flexibility index (Phi) is 8.33. The maximum absolute atomic E-state index is 6.03. The number of aromatic nitrogens is 1. The fourth-order valence-electron chi connectivity index (χ4n) is 2.24. The molecule has 1 aromatic carbocycles. The first-order valence-corrected chi connectivity index (χ1v) is 7.54. The molecule has 1 N–H and O–H groups in total. The fourth-order valence-corrected chi connectivity index (χ4v) is 2.45. The highest BCUT2D eigenvalue weighted by Gasteiger charge is 2.08. The Hall–Kier alpha value is -1.34. The Bertz CT molecular complexity index is 661. The fraction of sp³-hybridized carbons (Fsp3) is 0.294. The molecule has 0 aliphatic heterocycles. The highest BCUT2D eigenvalue weighted by Crippen LogP contribution is 2.12. The second-order valence-corrected chi connectivity index (χ2v) is 5.59. The predicted molar refractivity (Wildman–Crippen MR) is 108 cm³/mol. The second-order valence-electron chi connectivity index (χ2n) is 5.15. The van der Waals surface area contributed by atoms with E-state index in [1.165, 1.54) is 5.56 Å². The maximum Gasteiger partial charge on any atom is 0.194 e. The van der Waals surface area contributed by atoms with Gasteiger partial charge >= 0.3 is 0 Å². The van der Waals surface area contributed by atoms with Crippen molar-refractivity contribution in [2.45, 2.75) is 20.0 Å². The molecule has 124 valence electrons. The van der Waals surface area contributed by atoms with Crippen molar-refractivity contribution in [2.24, 2.45) is 4.99 Å². The zero-order valence-corrected chi connectivity index (χ0v) is 16.7. The highest BCUT2D eigenvalue weighted by atomic mass is 127. The number of guanidine groups is 1. The first-order chi connectivity index (χ1) is 10.6. The Labute approximate surface area is 160 Å². The third-order valence-electron chi connectivity index (χ3n) is 3.41. The number of hydrogen-bond donors (Lipinski definition) is 1. The van der Waals surface area contributed by atoms with Gasteiger partial charge in [0.1, 0.15) is 0 Å².